The Hall–Kier alpha value is -3.05. The number of nitrogens with one attached hydrogen (secondary N) is 1. The highest BCUT2D eigenvalue weighted by atomic mass is 19.4. The van der Waals surface area contributed by atoms with E-state index in [0.29, 0.717) is 0 Å². The van der Waals surface area contributed by atoms with Crippen molar-refractivity contribution in [3.05, 3.63) is 69.1 Å². The van der Waals surface area contributed by atoms with Gasteiger partial charge in [0, 0.05) is 29.2 Å². The lowest BCUT2D eigenvalue weighted by Crippen LogP contribution is -2.46. The Kier molecular flexibility index (Phi) is 5.89. The summed E-state index contributed by atoms with van der Waals surface area (Å²) < 4.78 is 81.3. The average molecular weight is 484 g/mol. The third kappa shape index (κ3) is 3.63. The molecule has 34 heavy (non-hydrogen) atoms. The van der Waals surface area contributed by atoms with Crippen LogP contribution in [0.3, 0.4) is 0 Å². The summed E-state index contributed by atoms with van der Waals surface area (Å²) >= 11 is 0. The van der Waals surface area contributed by atoms with Crippen LogP contribution in [-0.4, -0.2) is 34.0 Å². The SMILES string of the molecule is COc1c([C@H]2[C@H](c3cc(=O)c4nc(CO)ccc4[nH]3)O[C@@](C)(C(F)(F)F)[C@H]2C)ccc(F)c1F. The Morgan fingerprint density at radius 2 is 1.94 bits per heavy atom. The number of H-pyrrole nitrogens is 1. The smallest absolute Gasteiger partial charge is 0.417 e. The molecule has 0 aliphatic carbocycles. The zero-order chi connectivity index (χ0) is 25.0. The molecular formula is C23H21F5N2O4. The van der Waals surface area contributed by atoms with E-state index in [1.54, 1.807) is 0 Å². The van der Waals surface area contributed by atoms with E-state index < -0.39 is 59.1 Å². The lowest BCUT2D eigenvalue weighted by molar-refractivity contribution is -0.275. The first-order valence-electron chi connectivity index (χ1n) is 10.3. The van der Waals surface area contributed by atoms with Crippen LogP contribution in [0.5, 0.6) is 5.75 Å². The normalized spacial score (nSPS) is 25.1. The van der Waals surface area contributed by atoms with E-state index in [1.165, 1.54) is 19.1 Å². The topological polar surface area (TPSA) is 84.4 Å². The number of halogens is 5. The third-order valence-corrected chi connectivity index (χ3v) is 6.53. The molecule has 2 aromatic heterocycles. The number of hydrogen-bond acceptors (Lipinski definition) is 5. The summed E-state index contributed by atoms with van der Waals surface area (Å²) in [6.45, 7) is 1.78. The van der Waals surface area contributed by atoms with E-state index in [1.807, 2.05) is 0 Å². The quantitative estimate of drug-likeness (QED) is 0.533. The van der Waals surface area contributed by atoms with Gasteiger partial charge in [0.1, 0.15) is 11.6 Å². The fourth-order valence-corrected chi connectivity index (χ4v) is 4.51. The summed E-state index contributed by atoms with van der Waals surface area (Å²) in [5.41, 5.74) is -2.84. The molecule has 1 fully saturated rings. The largest absolute Gasteiger partial charge is 0.493 e. The number of nitrogens with zero attached hydrogens (tertiary/aromatic N) is 1. The molecular weight excluding hydrogens is 463 g/mol. The first kappa shape index (κ1) is 24.1. The van der Waals surface area contributed by atoms with E-state index in [2.05, 4.69) is 9.97 Å². The molecule has 0 spiro atoms. The second-order valence-electron chi connectivity index (χ2n) is 8.39. The molecule has 0 radical (unpaired) electrons. The van der Waals surface area contributed by atoms with E-state index >= 15 is 0 Å². The summed E-state index contributed by atoms with van der Waals surface area (Å²) in [6, 6.07) is 5.95. The highest BCUT2D eigenvalue weighted by Gasteiger charge is 2.65. The molecule has 6 nitrogen and oxygen atoms in total. The Labute approximate surface area is 190 Å². The first-order valence-corrected chi connectivity index (χ1v) is 10.3. The second-order valence-corrected chi connectivity index (χ2v) is 8.39. The van der Waals surface area contributed by atoms with Gasteiger partial charge in [0.15, 0.2) is 17.2 Å². The number of aliphatic hydroxyl groups excluding tert-OH is 1. The maximum absolute atomic E-state index is 14.5. The van der Waals surface area contributed by atoms with Crippen LogP contribution in [0, 0.1) is 17.6 Å². The van der Waals surface area contributed by atoms with Crippen LogP contribution in [0.15, 0.2) is 35.1 Å². The van der Waals surface area contributed by atoms with Crippen molar-refractivity contribution in [2.45, 2.75) is 44.3 Å². The average Bonchev–Trinajstić information content (AvgIpc) is 3.07. The van der Waals surface area contributed by atoms with E-state index in [9.17, 15) is 31.9 Å². The molecule has 1 aliphatic rings. The van der Waals surface area contributed by atoms with Gasteiger partial charge in [-0.3, -0.25) is 4.79 Å². The Morgan fingerprint density at radius 3 is 2.56 bits per heavy atom. The van der Waals surface area contributed by atoms with E-state index in [-0.39, 0.29) is 28.0 Å². The van der Waals surface area contributed by atoms with Gasteiger partial charge in [-0.1, -0.05) is 13.0 Å². The van der Waals surface area contributed by atoms with Gasteiger partial charge in [0.2, 0.25) is 11.2 Å². The van der Waals surface area contributed by atoms with Crippen LogP contribution in [0.4, 0.5) is 22.0 Å². The van der Waals surface area contributed by atoms with Gasteiger partial charge in [-0.25, -0.2) is 9.37 Å². The van der Waals surface area contributed by atoms with Gasteiger partial charge < -0.3 is 19.6 Å². The third-order valence-electron chi connectivity index (χ3n) is 6.53. The molecule has 11 heteroatoms. The molecule has 3 aromatic rings. The number of fused-ring (bicyclic) bond motifs is 1. The van der Waals surface area contributed by atoms with Crippen molar-refractivity contribution in [3.63, 3.8) is 0 Å². The number of rotatable bonds is 4. The molecule has 3 heterocycles. The number of hydrogen-bond donors (Lipinski definition) is 2. The number of aromatic amines is 1. The lowest BCUT2D eigenvalue weighted by Gasteiger charge is -2.32. The van der Waals surface area contributed by atoms with Gasteiger partial charge in [0.25, 0.3) is 0 Å². The lowest BCUT2D eigenvalue weighted by atomic mass is 9.76. The van der Waals surface area contributed by atoms with E-state index in [4.69, 9.17) is 9.47 Å². The summed E-state index contributed by atoms with van der Waals surface area (Å²) in [6.07, 6.45) is -6.19. The number of alkyl halides is 3. The first-order chi connectivity index (χ1) is 15.9. The molecule has 1 aliphatic heterocycles. The minimum Gasteiger partial charge on any atom is -0.493 e. The van der Waals surface area contributed by atoms with Crippen molar-refractivity contribution in [1.82, 2.24) is 9.97 Å². The van der Waals surface area contributed by atoms with Crippen LogP contribution in [0.2, 0.25) is 0 Å². The fourth-order valence-electron chi connectivity index (χ4n) is 4.51. The summed E-state index contributed by atoms with van der Waals surface area (Å²) in [4.78, 5) is 19.7. The molecule has 182 valence electrons. The number of aliphatic hydroxyl groups is 1. The zero-order valence-electron chi connectivity index (χ0n) is 18.3. The highest BCUT2D eigenvalue weighted by molar-refractivity contribution is 5.74. The van der Waals surface area contributed by atoms with Crippen LogP contribution in [-0.2, 0) is 11.3 Å². The number of pyridine rings is 2. The molecule has 0 amide bonds. The van der Waals surface area contributed by atoms with Crippen molar-refractivity contribution in [2.24, 2.45) is 5.92 Å². The second kappa shape index (κ2) is 8.31. The van der Waals surface area contributed by atoms with Crippen LogP contribution in [0.25, 0.3) is 11.0 Å². The molecule has 0 bridgehead atoms. The Morgan fingerprint density at radius 1 is 1.24 bits per heavy atom. The number of aromatic nitrogens is 2. The number of benzene rings is 1. The van der Waals surface area contributed by atoms with Crippen molar-refractivity contribution in [2.75, 3.05) is 7.11 Å². The van der Waals surface area contributed by atoms with Crippen molar-refractivity contribution < 1.29 is 36.5 Å². The van der Waals surface area contributed by atoms with Gasteiger partial charge in [-0.15, -0.1) is 0 Å². The van der Waals surface area contributed by atoms with Crippen molar-refractivity contribution in [3.8, 4) is 5.75 Å². The summed E-state index contributed by atoms with van der Waals surface area (Å²) in [5, 5.41) is 9.26. The molecule has 1 aromatic carbocycles. The summed E-state index contributed by atoms with van der Waals surface area (Å²) in [7, 11) is 1.09. The highest BCUT2D eigenvalue weighted by Crippen LogP contribution is 2.59. The van der Waals surface area contributed by atoms with Crippen LogP contribution in [0.1, 0.15) is 42.8 Å². The Bertz CT molecular complexity index is 1310. The van der Waals surface area contributed by atoms with Gasteiger partial charge >= 0.3 is 6.18 Å². The molecule has 0 saturated carbocycles. The molecule has 4 atom stereocenters. The fraction of sp³-hybridized carbons (Fsp3) is 0.391. The molecule has 0 unspecified atom stereocenters. The number of ether oxygens (including phenoxy) is 2. The van der Waals surface area contributed by atoms with Crippen LogP contribution >= 0.6 is 0 Å². The van der Waals surface area contributed by atoms with Crippen LogP contribution < -0.4 is 10.2 Å². The standard InChI is InChI=1S/C23H21F5N2O4/c1-10-17(12-5-6-13(24)18(25)20(12)33-3)21(34-22(10,2)23(26,27)28)15-8-16(32)19-14(30-15)7-4-11(9-31)29-19/h4-8,10,17,21,31H,9H2,1-3H3,(H,30,32)/t10-,17-,21-,22+/m0/s1. The molecule has 1 saturated heterocycles. The monoisotopic (exact) mass is 484 g/mol. The maximum Gasteiger partial charge on any atom is 0.417 e. The molecule has 4 rings (SSSR count). The Balaban J connectivity index is 1.94. The van der Waals surface area contributed by atoms with E-state index in [0.717, 1.165) is 32.2 Å². The minimum absolute atomic E-state index is 0.00709. The van der Waals surface area contributed by atoms with Gasteiger partial charge in [0.05, 0.1) is 24.9 Å². The maximum atomic E-state index is 14.5. The predicted octanol–water partition coefficient (Wildman–Crippen LogP) is 4.51. The van der Waals surface area contributed by atoms with Gasteiger partial charge in [-0.2, -0.15) is 17.6 Å². The summed E-state index contributed by atoms with van der Waals surface area (Å²) in [5.74, 6) is -5.51. The minimum atomic E-state index is -4.81. The zero-order valence-corrected chi connectivity index (χ0v) is 18.3. The molecule has 2 N–H and O–H groups in total. The predicted molar refractivity (Wildman–Crippen MR) is 111 cm³/mol. The van der Waals surface area contributed by atoms with Crippen molar-refractivity contribution in [1.29, 1.82) is 0 Å². The van der Waals surface area contributed by atoms with Gasteiger partial charge in [-0.05, 0) is 25.1 Å². The number of methoxy groups -OCH3 is 1. The van der Waals surface area contributed by atoms with Crippen molar-refractivity contribution >= 4 is 11.0 Å².